The van der Waals surface area contributed by atoms with Gasteiger partial charge in [-0.25, -0.2) is 12.8 Å². The highest BCUT2D eigenvalue weighted by Gasteiger charge is 2.21. The molecular weight excluding hydrogens is 315 g/mol. The fourth-order valence-electron chi connectivity index (χ4n) is 1.83. The molecule has 0 radical (unpaired) electrons. The van der Waals surface area contributed by atoms with Crippen molar-refractivity contribution in [3.8, 4) is 6.07 Å². The molecule has 0 amide bonds. The summed E-state index contributed by atoms with van der Waals surface area (Å²) in [7, 11) is -3.85. The Kier molecular flexibility index (Phi) is 4.16. The number of anilines is 1. The number of hydrogen-bond acceptors (Lipinski definition) is 4. The number of nitrogens with zero attached hydrogens (tertiary/aromatic N) is 1. The molecule has 0 saturated carbocycles. The molecule has 0 heterocycles. The summed E-state index contributed by atoms with van der Waals surface area (Å²) in [5, 5.41) is 8.99. The Morgan fingerprint density at radius 3 is 2.62 bits per heavy atom. The lowest BCUT2D eigenvalue weighted by Crippen LogP contribution is -2.08. The molecule has 0 fully saturated rings. The van der Waals surface area contributed by atoms with Crippen molar-refractivity contribution in [2.75, 3.05) is 5.73 Å². The SMILES string of the molecule is N#Cc1ccc(F)cc1CS(=O)(=O)c1cc(N)ccc1Cl. The van der Waals surface area contributed by atoms with Crippen LogP contribution in [-0.4, -0.2) is 8.42 Å². The Morgan fingerprint density at radius 2 is 1.95 bits per heavy atom. The predicted octanol–water partition coefficient (Wildman–Crippen LogP) is 2.91. The zero-order chi connectivity index (χ0) is 15.6. The number of nitrogen functional groups attached to an aromatic ring is 1. The van der Waals surface area contributed by atoms with Gasteiger partial charge >= 0.3 is 0 Å². The molecule has 21 heavy (non-hydrogen) atoms. The molecule has 2 aromatic carbocycles. The van der Waals surface area contributed by atoms with Crippen molar-refractivity contribution >= 4 is 27.1 Å². The highest BCUT2D eigenvalue weighted by atomic mass is 35.5. The van der Waals surface area contributed by atoms with Crippen molar-refractivity contribution in [1.82, 2.24) is 0 Å². The second-order valence-corrected chi connectivity index (χ2v) is 6.73. The topological polar surface area (TPSA) is 84.0 Å². The second kappa shape index (κ2) is 5.72. The fraction of sp³-hybridized carbons (Fsp3) is 0.0714. The van der Waals surface area contributed by atoms with Crippen LogP contribution < -0.4 is 5.73 Å². The lowest BCUT2D eigenvalue weighted by Gasteiger charge is -2.09. The van der Waals surface area contributed by atoms with Crippen LogP contribution in [0.1, 0.15) is 11.1 Å². The van der Waals surface area contributed by atoms with Crippen LogP contribution in [-0.2, 0) is 15.6 Å². The minimum absolute atomic E-state index is 0.0270. The lowest BCUT2D eigenvalue weighted by molar-refractivity contribution is 0.594. The van der Waals surface area contributed by atoms with Gasteiger partial charge in [0.15, 0.2) is 9.84 Å². The van der Waals surface area contributed by atoms with Gasteiger partial charge in [0, 0.05) is 5.69 Å². The molecule has 0 unspecified atom stereocenters. The Hall–Kier alpha value is -2.10. The van der Waals surface area contributed by atoms with E-state index in [1.807, 2.05) is 6.07 Å². The van der Waals surface area contributed by atoms with Gasteiger partial charge in [-0.2, -0.15) is 5.26 Å². The van der Waals surface area contributed by atoms with E-state index < -0.39 is 21.4 Å². The Balaban J connectivity index is 2.50. The number of nitrogens with two attached hydrogens (primary N) is 1. The van der Waals surface area contributed by atoms with Gasteiger partial charge in [0.05, 0.1) is 27.3 Å². The first-order chi connectivity index (χ1) is 9.83. The van der Waals surface area contributed by atoms with Crippen LogP contribution in [0.25, 0.3) is 0 Å². The van der Waals surface area contributed by atoms with Crippen LogP contribution in [0.4, 0.5) is 10.1 Å². The maximum absolute atomic E-state index is 13.3. The van der Waals surface area contributed by atoms with Gasteiger partial charge < -0.3 is 5.73 Å². The third-order valence-corrected chi connectivity index (χ3v) is 4.96. The molecule has 7 heteroatoms. The second-order valence-electron chi connectivity index (χ2n) is 4.36. The molecule has 0 bridgehead atoms. The molecule has 2 N–H and O–H groups in total. The molecule has 2 rings (SSSR count). The van der Waals surface area contributed by atoms with E-state index in [2.05, 4.69) is 0 Å². The first-order valence-corrected chi connectivity index (χ1v) is 7.83. The van der Waals surface area contributed by atoms with Crippen LogP contribution in [0, 0.1) is 17.1 Å². The average Bonchev–Trinajstić information content (AvgIpc) is 2.41. The summed E-state index contributed by atoms with van der Waals surface area (Å²) in [5.74, 6) is -1.14. The highest BCUT2D eigenvalue weighted by Crippen LogP contribution is 2.27. The van der Waals surface area contributed by atoms with Crippen molar-refractivity contribution in [2.45, 2.75) is 10.6 Å². The molecule has 0 atom stereocenters. The average molecular weight is 325 g/mol. The third kappa shape index (κ3) is 3.32. The van der Waals surface area contributed by atoms with Crippen LogP contribution >= 0.6 is 11.6 Å². The number of nitriles is 1. The van der Waals surface area contributed by atoms with Crippen LogP contribution in [0.3, 0.4) is 0 Å². The normalized spacial score (nSPS) is 11.1. The minimum Gasteiger partial charge on any atom is -0.399 e. The van der Waals surface area contributed by atoms with Gasteiger partial charge in [-0.05, 0) is 42.0 Å². The monoisotopic (exact) mass is 324 g/mol. The van der Waals surface area contributed by atoms with Crippen molar-refractivity contribution in [3.05, 3.63) is 58.4 Å². The smallest absolute Gasteiger partial charge is 0.184 e. The molecule has 0 aliphatic rings. The molecule has 0 spiro atoms. The summed E-state index contributed by atoms with van der Waals surface area (Å²) in [6.07, 6.45) is 0. The number of hydrogen-bond donors (Lipinski definition) is 1. The van der Waals surface area contributed by atoms with Crippen LogP contribution in [0.15, 0.2) is 41.3 Å². The van der Waals surface area contributed by atoms with E-state index >= 15 is 0 Å². The number of halogens is 2. The summed E-state index contributed by atoms with van der Waals surface area (Å²) < 4.78 is 38.0. The summed E-state index contributed by atoms with van der Waals surface area (Å²) in [6.45, 7) is 0. The van der Waals surface area contributed by atoms with E-state index in [9.17, 15) is 12.8 Å². The highest BCUT2D eigenvalue weighted by molar-refractivity contribution is 7.90. The summed E-state index contributed by atoms with van der Waals surface area (Å²) in [6, 6.07) is 9.29. The lowest BCUT2D eigenvalue weighted by atomic mass is 10.1. The maximum Gasteiger partial charge on any atom is 0.184 e. The number of benzene rings is 2. The zero-order valence-corrected chi connectivity index (χ0v) is 12.2. The van der Waals surface area contributed by atoms with Crippen LogP contribution in [0.5, 0.6) is 0 Å². The Labute approximate surface area is 126 Å². The first-order valence-electron chi connectivity index (χ1n) is 5.80. The largest absolute Gasteiger partial charge is 0.399 e. The van der Waals surface area contributed by atoms with E-state index in [1.165, 1.54) is 24.3 Å². The zero-order valence-electron chi connectivity index (χ0n) is 10.7. The van der Waals surface area contributed by atoms with Crippen molar-refractivity contribution in [1.29, 1.82) is 5.26 Å². The third-order valence-electron chi connectivity index (χ3n) is 2.82. The van der Waals surface area contributed by atoms with Gasteiger partial charge in [-0.1, -0.05) is 11.6 Å². The number of sulfone groups is 1. The fourth-order valence-corrected chi connectivity index (χ4v) is 3.79. The van der Waals surface area contributed by atoms with Gasteiger partial charge in [0.25, 0.3) is 0 Å². The molecule has 108 valence electrons. The van der Waals surface area contributed by atoms with Crippen LogP contribution in [0.2, 0.25) is 5.02 Å². The van der Waals surface area contributed by atoms with E-state index in [0.717, 1.165) is 12.1 Å². The molecular formula is C14H10ClFN2O2S. The van der Waals surface area contributed by atoms with Crippen molar-refractivity contribution in [3.63, 3.8) is 0 Å². The number of rotatable bonds is 3. The molecule has 0 aliphatic carbocycles. The molecule has 0 aromatic heterocycles. The molecule has 4 nitrogen and oxygen atoms in total. The van der Waals surface area contributed by atoms with E-state index in [-0.39, 0.29) is 26.7 Å². The predicted molar refractivity (Wildman–Crippen MR) is 77.9 cm³/mol. The molecule has 0 aliphatic heterocycles. The summed E-state index contributed by atoms with van der Waals surface area (Å²) >= 11 is 5.88. The van der Waals surface area contributed by atoms with E-state index in [0.29, 0.717) is 0 Å². The Morgan fingerprint density at radius 1 is 1.24 bits per heavy atom. The van der Waals surface area contributed by atoms with Gasteiger partial charge in [-0.3, -0.25) is 0 Å². The van der Waals surface area contributed by atoms with Gasteiger partial charge in [0.2, 0.25) is 0 Å². The quantitative estimate of drug-likeness (QED) is 0.880. The Bertz CT molecular complexity index is 845. The minimum atomic E-state index is -3.85. The van der Waals surface area contributed by atoms with Gasteiger partial charge in [0.1, 0.15) is 5.82 Å². The summed E-state index contributed by atoms with van der Waals surface area (Å²) in [4.78, 5) is -0.141. The summed E-state index contributed by atoms with van der Waals surface area (Å²) in [5.41, 5.74) is 5.99. The molecule has 0 saturated heterocycles. The van der Waals surface area contributed by atoms with Gasteiger partial charge in [-0.15, -0.1) is 0 Å². The van der Waals surface area contributed by atoms with E-state index in [1.54, 1.807) is 0 Å². The van der Waals surface area contributed by atoms with Crippen molar-refractivity contribution in [2.24, 2.45) is 0 Å². The maximum atomic E-state index is 13.3. The molecule has 2 aromatic rings. The van der Waals surface area contributed by atoms with Crippen molar-refractivity contribution < 1.29 is 12.8 Å². The van der Waals surface area contributed by atoms with E-state index in [4.69, 9.17) is 22.6 Å². The standard InChI is InChI=1S/C14H10ClFN2O2S/c15-13-4-3-12(18)6-14(13)21(19,20)8-10-5-11(16)2-1-9(10)7-17/h1-6H,8,18H2. The first kappa shape index (κ1) is 15.3.